The van der Waals surface area contributed by atoms with E-state index in [1.807, 2.05) is 6.07 Å². The Morgan fingerprint density at radius 1 is 1.39 bits per heavy atom. The number of aliphatic hydroxyl groups is 1. The third-order valence-corrected chi connectivity index (χ3v) is 2.08. The molecule has 0 aliphatic carbocycles. The average molecular weight is 252 g/mol. The van der Waals surface area contributed by atoms with Crippen LogP contribution >= 0.6 is 0 Å². The van der Waals surface area contributed by atoms with Gasteiger partial charge in [-0.25, -0.2) is 4.79 Å². The maximum Gasteiger partial charge on any atom is 0.330 e. The number of methoxy groups -OCH3 is 1. The van der Waals surface area contributed by atoms with Crippen molar-refractivity contribution < 1.29 is 24.1 Å². The largest absolute Gasteiger partial charge is 0.493 e. The van der Waals surface area contributed by atoms with E-state index in [1.54, 1.807) is 18.2 Å². The Bertz CT molecular complexity index is 402. The maximum atomic E-state index is 10.8. The third kappa shape index (κ3) is 4.47. The predicted octanol–water partition coefficient (Wildman–Crippen LogP) is 1.16. The van der Waals surface area contributed by atoms with Crippen LogP contribution in [0.25, 0.3) is 0 Å². The highest BCUT2D eigenvalue weighted by molar-refractivity contribution is 5.81. The standard InChI is InChI=1S/C13H16O5/c1-3-13(15)18-9-10(14)8-17-12-7-5-4-6-11(12)16-2/h3-7,10,14H,1,8-9H2,2H3. The Labute approximate surface area is 106 Å². The second-order valence-corrected chi connectivity index (χ2v) is 3.45. The quantitative estimate of drug-likeness (QED) is 0.583. The Hall–Kier alpha value is -2.01. The van der Waals surface area contributed by atoms with Crippen LogP contribution in [0.5, 0.6) is 11.5 Å². The van der Waals surface area contributed by atoms with Gasteiger partial charge in [0.15, 0.2) is 11.5 Å². The zero-order valence-corrected chi connectivity index (χ0v) is 10.2. The summed E-state index contributed by atoms with van der Waals surface area (Å²) in [4.78, 5) is 10.8. The summed E-state index contributed by atoms with van der Waals surface area (Å²) >= 11 is 0. The lowest BCUT2D eigenvalue weighted by atomic mass is 10.3. The minimum Gasteiger partial charge on any atom is -0.493 e. The summed E-state index contributed by atoms with van der Waals surface area (Å²) in [6.07, 6.45) is 0.132. The van der Waals surface area contributed by atoms with Gasteiger partial charge in [0.1, 0.15) is 19.3 Å². The first-order chi connectivity index (χ1) is 8.67. The molecule has 0 radical (unpaired) electrons. The fraction of sp³-hybridized carbons (Fsp3) is 0.308. The van der Waals surface area contributed by atoms with Crippen LogP contribution in [0.1, 0.15) is 0 Å². The van der Waals surface area contributed by atoms with Crippen molar-refractivity contribution in [1.82, 2.24) is 0 Å². The highest BCUT2D eigenvalue weighted by atomic mass is 16.6. The molecule has 0 aromatic heterocycles. The topological polar surface area (TPSA) is 65.0 Å². The van der Waals surface area contributed by atoms with E-state index in [1.165, 1.54) is 7.11 Å². The number of para-hydroxylation sites is 2. The number of carbonyl (C=O) groups is 1. The van der Waals surface area contributed by atoms with E-state index >= 15 is 0 Å². The molecule has 0 spiro atoms. The molecule has 0 amide bonds. The van der Waals surface area contributed by atoms with Crippen molar-refractivity contribution in [2.24, 2.45) is 0 Å². The lowest BCUT2D eigenvalue weighted by molar-refractivity contribution is -0.141. The first-order valence-electron chi connectivity index (χ1n) is 5.40. The molecule has 0 aliphatic heterocycles. The second-order valence-electron chi connectivity index (χ2n) is 3.45. The van der Waals surface area contributed by atoms with Gasteiger partial charge in [-0.1, -0.05) is 18.7 Å². The number of esters is 1. The molecule has 0 heterocycles. The molecule has 0 saturated carbocycles. The Balaban J connectivity index is 2.40. The highest BCUT2D eigenvalue weighted by Crippen LogP contribution is 2.25. The van der Waals surface area contributed by atoms with Crippen LogP contribution in [-0.2, 0) is 9.53 Å². The summed E-state index contributed by atoms with van der Waals surface area (Å²) in [5.74, 6) is 0.522. The van der Waals surface area contributed by atoms with Gasteiger partial charge in [-0.15, -0.1) is 0 Å². The first-order valence-corrected chi connectivity index (χ1v) is 5.40. The number of ether oxygens (including phenoxy) is 3. The molecule has 18 heavy (non-hydrogen) atoms. The molecule has 98 valence electrons. The van der Waals surface area contributed by atoms with E-state index in [-0.39, 0.29) is 13.2 Å². The van der Waals surface area contributed by atoms with Gasteiger partial charge in [0.05, 0.1) is 7.11 Å². The van der Waals surface area contributed by atoms with Crippen LogP contribution in [0.2, 0.25) is 0 Å². The van der Waals surface area contributed by atoms with Crippen molar-refractivity contribution >= 4 is 5.97 Å². The van der Waals surface area contributed by atoms with Crippen molar-refractivity contribution in [1.29, 1.82) is 0 Å². The molecular weight excluding hydrogens is 236 g/mol. The van der Waals surface area contributed by atoms with Gasteiger partial charge in [-0.2, -0.15) is 0 Å². The summed E-state index contributed by atoms with van der Waals surface area (Å²) in [6.45, 7) is 3.12. The first kappa shape index (κ1) is 14.1. The zero-order valence-electron chi connectivity index (χ0n) is 10.2. The average Bonchev–Trinajstić information content (AvgIpc) is 2.42. The van der Waals surface area contributed by atoms with Crippen LogP contribution in [0.15, 0.2) is 36.9 Å². The fourth-order valence-corrected chi connectivity index (χ4v) is 1.21. The Morgan fingerprint density at radius 3 is 2.67 bits per heavy atom. The van der Waals surface area contributed by atoms with E-state index in [0.717, 1.165) is 6.08 Å². The van der Waals surface area contributed by atoms with E-state index < -0.39 is 12.1 Å². The third-order valence-electron chi connectivity index (χ3n) is 2.08. The maximum absolute atomic E-state index is 10.8. The summed E-state index contributed by atoms with van der Waals surface area (Å²) in [5, 5.41) is 9.54. The van der Waals surface area contributed by atoms with Crippen LogP contribution < -0.4 is 9.47 Å². The normalized spacial score (nSPS) is 11.4. The zero-order chi connectivity index (χ0) is 13.4. The molecule has 5 heteroatoms. The lowest BCUT2D eigenvalue weighted by Gasteiger charge is -2.14. The van der Waals surface area contributed by atoms with Crippen LogP contribution in [0.4, 0.5) is 0 Å². The fourth-order valence-electron chi connectivity index (χ4n) is 1.21. The number of aliphatic hydroxyl groups excluding tert-OH is 1. The van der Waals surface area contributed by atoms with E-state index in [2.05, 4.69) is 11.3 Å². The highest BCUT2D eigenvalue weighted by Gasteiger charge is 2.09. The second kappa shape index (κ2) is 7.34. The Morgan fingerprint density at radius 2 is 2.06 bits per heavy atom. The number of carbonyl (C=O) groups excluding carboxylic acids is 1. The van der Waals surface area contributed by atoms with Crippen molar-refractivity contribution in [3.8, 4) is 11.5 Å². The summed E-state index contributed by atoms with van der Waals surface area (Å²) in [7, 11) is 1.53. The number of hydrogen-bond acceptors (Lipinski definition) is 5. The molecule has 0 fully saturated rings. The molecule has 1 unspecified atom stereocenters. The van der Waals surface area contributed by atoms with E-state index in [0.29, 0.717) is 11.5 Å². The smallest absolute Gasteiger partial charge is 0.330 e. The number of rotatable bonds is 7. The summed E-state index contributed by atoms with van der Waals surface area (Å²) in [5.41, 5.74) is 0. The van der Waals surface area contributed by atoms with Crippen molar-refractivity contribution in [2.45, 2.75) is 6.10 Å². The van der Waals surface area contributed by atoms with Crippen molar-refractivity contribution in [2.75, 3.05) is 20.3 Å². The van der Waals surface area contributed by atoms with E-state index in [9.17, 15) is 9.90 Å². The van der Waals surface area contributed by atoms with Crippen LogP contribution in [-0.4, -0.2) is 37.5 Å². The molecule has 0 saturated heterocycles. The molecule has 1 aromatic rings. The number of benzene rings is 1. The molecule has 1 atom stereocenters. The molecular formula is C13H16O5. The van der Waals surface area contributed by atoms with Gasteiger partial charge in [-0.3, -0.25) is 0 Å². The van der Waals surface area contributed by atoms with Gasteiger partial charge in [-0.05, 0) is 12.1 Å². The summed E-state index contributed by atoms with van der Waals surface area (Å²) < 4.78 is 15.1. The molecule has 5 nitrogen and oxygen atoms in total. The SMILES string of the molecule is C=CC(=O)OCC(O)COc1ccccc1OC. The van der Waals surface area contributed by atoms with Crippen molar-refractivity contribution in [3.63, 3.8) is 0 Å². The van der Waals surface area contributed by atoms with Gasteiger partial charge >= 0.3 is 5.97 Å². The predicted molar refractivity (Wildman–Crippen MR) is 65.7 cm³/mol. The molecule has 1 N–H and O–H groups in total. The van der Waals surface area contributed by atoms with Crippen molar-refractivity contribution in [3.05, 3.63) is 36.9 Å². The summed E-state index contributed by atoms with van der Waals surface area (Å²) in [6, 6.07) is 7.08. The molecule has 1 aromatic carbocycles. The minimum absolute atomic E-state index is 0.00476. The van der Waals surface area contributed by atoms with Gasteiger partial charge in [0, 0.05) is 6.08 Å². The van der Waals surface area contributed by atoms with Gasteiger partial charge < -0.3 is 19.3 Å². The lowest BCUT2D eigenvalue weighted by Crippen LogP contribution is -2.24. The van der Waals surface area contributed by atoms with E-state index in [4.69, 9.17) is 9.47 Å². The molecule has 0 bridgehead atoms. The minimum atomic E-state index is -0.904. The number of hydrogen-bond donors (Lipinski definition) is 1. The molecule has 0 aliphatic rings. The van der Waals surface area contributed by atoms with Crippen LogP contribution in [0.3, 0.4) is 0 Å². The monoisotopic (exact) mass is 252 g/mol. The van der Waals surface area contributed by atoms with Gasteiger partial charge in [0.25, 0.3) is 0 Å². The van der Waals surface area contributed by atoms with Crippen LogP contribution in [0, 0.1) is 0 Å². The van der Waals surface area contributed by atoms with Gasteiger partial charge in [0.2, 0.25) is 0 Å². The molecule has 1 rings (SSSR count). The Kier molecular flexibility index (Phi) is 5.73.